The number of rotatable bonds is 5. The fraction of sp³-hybridized carbons (Fsp3) is 0.278. The van der Waals surface area contributed by atoms with Gasteiger partial charge in [0.05, 0.1) is 13.7 Å². The number of aliphatic imine (C=N–C) groups is 1. The van der Waals surface area contributed by atoms with E-state index in [0.717, 1.165) is 22.8 Å². The number of halogens is 2. The van der Waals surface area contributed by atoms with Crippen molar-refractivity contribution in [1.29, 1.82) is 0 Å². The smallest absolute Gasteiger partial charge is 0.189 e. The lowest BCUT2D eigenvalue weighted by Crippen LogP contribution is -2.34. The summed E-state index contributed by atoms with van der Waals surface area (Å²) in [5, 5.41) is 4.04. The van der Waals surface area contributed by atoms with E-state index >= 15 is 0 Å². The van der Waals surface area contributed by atoms with Crippen LogP contribution < -0.4 is 15.8 Å². The van der Waals surface area contributed by atoms with E-state index in [4.69, 9.17) is 22.1 Å². The Kier molecular flexibility index (Phi) is 6.74. The van der Waals surface area contributed by atoms with Crippen LogP contribution in [0.1, 0.15) is 23.5 Å². The molecule has 24 heavy (non-hydrogen) atoms. The van der Waals surface area contributed by atoms with Gasteiger partial charge < -0.3 is 15.8 Å². The van der Waals surface area contributed by atoms with Crippen molar-refractivity contribution in [3.05, 3.63) is 64.7 Å². The summed E-state index contributed by atoms with van der Waals surface area (Å²) in [7, 11) is 1.66. The molecule has 6 heteroatoms. The van der Waals surface area contributed by atoms with Crippen molar-refractivity contribution in [2.75, 3.05) is 7.11 Å². The summed E-state index contributed by atoms with van der Waals surface area (Å²) >= 11 is 6.04. The van der Waals surface area contributed by atoms with Crippen LogP contribution in [-0.2, 0) is 6.54 Å². The number of para-hydroxylation sites is 1. The molecule has 0 aromatic heterocycles. The molecule has 0 amide bonds. The van der Waals surface area contributed by atoms with E-state index in [0.29, 0.717) is 24.5 Å². The molecule has 2 aromatic rings. The van der Waals surface area contributed by atoms with Gasteiger partial charge in [-0.3, -0.25) is 0 Å². The molecule has 0 unspecified atom stereocenters. The van der Waals surface area contributed by atoms with E-state index in [-0.39, 0.29) is 24.0 Å². The summed E-state index contributed by atoms with van der Waals surface area (Å²) in [5.41, 5.74) is 8.25. The van der Waals surface area contributed by atoms with Crippen molar-refractivity contribution in [2.45, 2.75) is 24.9 Å². The Morgan fingerprint density at radius 3 is 2.83 bits per heavy atom. The average molecular weight is 458 g/mol. The first-order valence-electron chi connectivity index (χ1n) is 7.61. The van der Waals surface area contributed by atoms with Gasteiger partial charge in [-0.25, -0.2) is 4.99 Å². The molecule has 3 N–H and O–H groups in total. The number of hydrogen-bond donors (Lipinski definition) is 2. The Labute approximate surface area is 164 Å². The largest absolute Gasteiger partial charge is 0.496 e. The average Bonchev–Trinajstić information content (AvgIpc) is 3.32. The Hall–Kier alpha value is -1.47. The maximum atomic E-state index is 6.04. The monoisotopic (exact) mass is 457 g/mol. The highest BCUT2D eigenvalue weighted by molar-refractivity contribution is 14.0. The van der Waals surface area contributed by atoms with Gasteiger partial charge in [0.2, 0.25) is 0 Å². The predicted molar refractivity (Wildman–Crippen MR) is 109 cm³/mol. The molecule has 4 nitrogen and oxygen atoms in total. The molecule has 2 atom stereocenters. The second-order valence-corrected chi connectivity index (χ2v) is 6.10. The van der Waals surface area contributed by atoms with Gasteiger partial charge in [0.25, 0.3) is 0 Å². The summed E-state index contributed by atoms with van der Waals surface area (Å²) in [6.07, 6.45) is 1.05. The summed E-state index contributed by atoms with van der Waals surface area (Å²) in [6.45, 7) is 0.497. The van der Waals surface area contributed by atoms with E-state index in [1.54, 1.807) is 7.11 Å². The fourth-order valence-electron chi connectivity index (χ4n) is 2.70. The highest BCUT2D eigenvalue weighted by Gasteiger charge is 2.38. The summed E-state index contributed by atoms with van der Waals surface area (Å²) < 4.78 is 5.31. The third kappa shape index (κ3) is 4.77. The predicted octanol–water partition coefficient (Wildman–Crippen LogP) is 3.93. The van der Waals surface area contributed by atoms with Crippen LogP contribution in [0, 0.1) is 0 Å². The molecule has 2 aromatic carbocycles. The van der Waals surface area contributed by atoms with Crippen molar-refractivity contribution in [3.8, 4) is 5.75 Å². The molecule has 1 aliphatic rings. The van der Waals surface area contributed by atoms with Crippen LogP contribution in [-0.4, -0.2) is 19.1 Å². The first kappa shape index (κ1) is 18.9. The molecule has 1 aliphatic carbocycles. The highest BCUT2D eigenvalue weighted by atomic mass is 127. The maximum Gasteiger partial charge on any atom is 0.189 e. The van der Waals surface area contributed by atoms with E-state index in [1.165, 1.54) is 5.56 Å². The Bertz CT molecular complexity index is 723. The van der Waals surface area contributed by atoms with E-state index in [2.05, 4.69) is 16.4 Å². The van der Waals surface area contributed by atoms with Crippen molar-refractivity contribution in [3.63, 3.8) is 0 Å². The molecule has 128 valence electrons. The van der Waals surface area contributed by atoms with Crippen molar-refractivity contribution < 1.29 is 4.74 Å². The lowest BCUT2D eigenvalue weighted by atomic mass is 10.1. The van der Waals surface area contributed by atoms with Crippen LogP contribution in [0.25, 0.3) is 0 Å². The number of nitrogens with zero attached hydrogens (tertiary/aromatic N) is 1. The SMILES string of the molecule is COc1ccccc1CN=C(N)N[C@@H]1C[C@H]1c1cccc(Cl)c1.I. The van der Waals surface area contributed by atoms with Gasteiger partial charge in [0.1, 0.15) is 5.75 Å². The molecule has 3 rings (SSSR count). The molecule has 0 bridgehead atoms. The number of hydrogen-bond acceptors (Lipinski definition) is 2. The molecular formula is C18H21ClIN3O. The molecular weight excluding hydrogens is 437 g/mol. The lowest BCUT2D eigenvalue weighted by molar-refractivity contribution is 0.410. The highest BCUT2D eigenvalue weighted by Crippen LogP contribution is 2.41. The van der Waals surface area contributed by atoms with Gasteiger partial charge in [-0.2, -0.15) is 0 Å². The van der Waals surface area contributed by atoms with Gasteiger partial charge in [-0.15, -0.1) is 24.0 Å². The van der Waals surface area contributed by atoms with Gasteiger partial charge in [0.15, 0.2) is 5.96 Å². The lowest BCUT2D eigenvalue weighted by Gasteiger charge is -2.08. The molecule has 1 saturated carbocycles. The minimum Gasteiger partial charge on any atom is -0.496 e. The second-order valence-electron chi connectivity index (χ2n) is 5.66. The number of benzene rings is 2. The van der Waals surface area contributed by atoms with Crippen LogP contribution >= 0.6 is 35.6 Å². The summed E-state index contributed by atoms with van der Waals surface area (Å²) in [4.78, 5) is 4.41. The van der Waals surface area contributed by atoms with Crippen LogP contribution in [0.2, 0.25) is 5.02 Å². The Balaban J connectivity index is 0.00000208. The number of guanidine groups is 1. The first-order valence-corrected chi connectivity index (χ1v) is 7.99. The molecule has 0 spiro atoms. The second kappa shape index (κ2) is 8.58. The van der Waals surface area contributed by atoms with Crippen LogP contribution in [0.4, 0.5) is 0 Å². The van der Waals surface area contributed by atoms with Crippen molar-refractivity contribution >= 4 is 41.5 Å². The summed E-state index contributed by atoms with van der Waals surface area (Å²) in [6, 6.07) is 16.1. The van der Waals surface area contributed by atoms with Gasteiger partial charge >= 0.3 is 0 Å². The zero-order valence-electron chi connectivity index (χ0n) is 13.4. The minimum absolute atomic E-state index is 0. The molecule has 0 heterocycles. The third-order valence-electron chi connectivity index (χ3n) is 4.01. The van der Waals surface area contributed by atoms with Crippen molar-refractivity contribution in [1.82, 2.24) is 5.32 Å². The molecule has 0 saturated heterocycles. The van der Waals surface area contributed by atoms with Crippen LogP contribution in [0.3, 0.4) is 0 Å². The first-order chi connectivity index (χ1) is 11.2. The topological polar surface area (TPSA) is 59.6 Å². The van der Waals surface area contributed by atoms with Gasteiger partial charge in [-0.05, 0) is 30.2 Å². The zero-order valence-corrected chi connectivity index (χ0v) is 16.5. The quantitative estimate of drug-likeness (QED) is 0.406. The van der Waals surface area contributed by atoms with E-state index in [1.807, 2.05) is 42.5 Å². The standard InChI is InChI=1S/C18H20ClN3O.HI/c1-23-17-8-3-2-5-13(17)11-21-18(20)22-16-10-15(16)12-6-4-7-14(19)9-12;/h2-9,15-16H,10-11H2,1H3,(H3,20,21,22);1H/t15-,16+;/m0./s1. The van der Waals surface area contributed by atoms with E-state index < -0.39 is 0 Å². The normalized spacial score (nSPS) is 19.3. The minimum atomic E-state index is 0. The number of nitrogens with two attached hydrogens (primary N) is 1. The Morgan fingerprint density at radius 1 is 1.29 bits per heavy atom. The zero-order chi connectivity index (χ0) is 16.2. The number of nitrogens with one attached hydrogen (secondary N) is 1. The number of ether oxygens (including phenoxy) is 1. The van der Waals surface area contributed by atoms with Gasteiger partial charge in [0, 0.05) is 22.5 Å². The molecule has 0 aliphatic heterocycles. The molecule has 0 radical (unpaired) electrons. The third-order valence-corrected chi connectivity index (χ3v) is 4.25. The van der Waals surface area contributed by atoms with Crippen LogP contribution in [0.5, 0.6) is 5.75 Å². The molecule has 1 fully saturated rings. The van der Waals surface area contributed by atoms with Crippen molar-refractivity contribution in [2.24, 2.45) is 10.7 Å². The van der Waals surface area contributed by atoms with Gasteiger partial charge in [-0.1, -0.05) is 41.9 Å². The maximum absolute atomic E-state index is 6.04. The van der Waals surface area contributed by atoms with Crippen LogP contribution in [0.15, 0.2) is 53.5 Å². The fourth-order valence-corrected chi connectivity index (χ4v) is 2.90. The number of methoxy groups -OCH3 is 1. The summed E-state index contributed by atoms with van der Waals surface area (Å²) in [5.74, 6) is 1.74. The Morgan fingerprint density at radius 2 is 2.08 bits per heavy atom. The van der Waals surface area contributed by atoms with E-state index in [9.17, 15) is 0 Å².